The third-order valence-electron chi connectivity index (χ3n) is 4.95. The van der Waals surface area contributed by atoms with Crippen LogP contribution in [-0.4, -0.2) is 68.1 Å². The highest BCUT2D eigenvalue weighted by molar-refractivity contribution is 14.0. The molecular weight excluding hydrogens is 449 g/mol. The monoisotopic (exact) mass is 487 g/mol. The van der Waals surface area contributed by atoms with E-state index in [1.807, 2.05) is 0 Å². The van der Waals surface area contributed by atoms with Gasteiger partial charge in [0.25, 0.3) is 0 Å². The Morgan fingerprint density at radius 2 is 1.78 bits per heavy atom. The lowest BCUT2D eigenvalue weighted by molar-refractivity contribution is 0.136. The highest BCUT2D eigenvalue weighted by atomic mass is 127. The SMILES string of the molecule is CCNC(=NCc1cccc(C)c1)NCCCCN1CCN(CC)CC1.I. The Labute approximate surface area is 183 Å². The summed E-state index contributed by atoms with van der Waals surface area (Å²) in [7, 11) is 0. The molecule has 0 radical (unpaired) electrons. The maximum Gasteiger partial charge on any atom is 0.191 e. The summed E-state index contributed by atoms with van der Waals surface area (Å²) in [5, 5.41) is 6.81. The van der Waals surface area contributed by atoms with E-state index in [9.17, 15) is 0 Å². The number of unbranched alkanes of at least 4 members (excludes halogenated alkanes) is 1. The van der Waals surface area contributed by atoms with Gasteiger partial charge in [0.15, 0.2) is 5.96 Å². The lowest BCUT2D eigenvalue weighted by Gasteiger charge is -2.34. The van der Waals surface area contributed by atoms with Crippen molar-refractivity contribution in [2.75, 3.05) is 52.4 Å². The van der Waals surface area contributed by atoms with E-state index >= 15 is 0 Å². The van der Waals surface area contributed by atoms with Crippen LogP contribution in [0.2, 0.25) is 0 Å². The van der Waals surface area contributed by atoms with E-state index in [2.05, 4.69) is 65.5 Å². The van der Waals surface area contributed by atoms with Gasteiger partial charge >= 0.3 is 0 Å². The number of hydrogen-bond donors (Lipinski definition) is 2. The number of hydrogen-bond acceptors (Lipinski definition) is 3. The highest BCUT2D eigenvalue weighted by Gasteiger charge is 2.14. The molecule has 27 heavy (non-hydrogen) atoms. The zero-order valence-corrected chi connectivity index (χ0v) is 19.7. The molecule has 0 aliphatic carbocycles. The maximum absolute atomic E-state index is 4.71. The van der Waals surface area contributed by atoms with E-state index in [-0.39, 0.29) is 24.0 Å². The molecule has 0 unspecified atom stereocenters. The van der Waals surface area contributed by atoms with Gasteiger partial charge in [-0.25, -0.2) is 4.99 Å². The van der Waals surface area contributed by atoms with Crippen molar-refractivity contribution in [1.82, 2.24) is 20.4 Å². The number of benzene rings is 1. The molecule has 0 spiro atoms. The molecule has 5 nitrogen and oxygen atoms in total. The number of piperazine rings is 1. The zero-order valence-electron chi connectivity index (χ0n) is 17.3. The van der Waals surface area contributed by atoms with Crippen LogP contribution in [0, 0.1) is 6.92 Å². The first kappa shape index (κ1) is 24.2. The lowest BCUT2D eigenvalue weighted by atomic mass is 10.1. The molecule has 6 heteroatoms. The molecule has 1 fully saturated rings. The molecule has 2 N–H and O–H groups in total. The van der Waals surface area contributed by atoms with Crippen LogP contribution >= 0.6 is 24.0 Å². The summed E-state index contributed by atoms with van der Waals surface area (Å²) >= 11 is 0. The van der Waals surface area contributed by atoms with Gasteiger partial charge in [-0.3, -0.25) is 0 Å². The van der Waals surface area contributed by atoms with Gasteiger partial charge in [0.1, 0.15) is 0 Å². The van der Waals surface area contributed by atoms with Crippen LogP contribution in [0.4, 0.5) is 0 Å². The van der Waals surface area contributed by atoms with Crippen LogP contribution in [0.3, 0.4) is 0 Å². The first-order chi connectivity index (χ1) is 12.7. The third kappa shape index (κ3) is 9.76. The summed E-state index contributed by atoms with van der Waals surface area (Å²) in [6, 6.07) is 8.56. The second-order valence-electron chi connectivity index (χ2n) is 7.09. The van der Waals surface area contributed by atoms with Crippen molar-refractivity contribution in [3.63, 3.8) is 0 Å². The fourth-order valence-corrected chi connectivity index (χ4v) is 3.32. The van der Waals surface area contributed by atoms with E-state index < -0.39 is 0 Å². The number of halogens is 1. The van der Waals surface area contributed by atoms with Crippen molar-refractivity contribution in [3.8, 4) is 0 Å². The van der Waals surface area contributed by atoms with Crippen LogP contribution in [0.5, 0.6) is 0 Å². The summed E-state index contributed by atoms with van der Waals surface area (Å²) in [4.78, 5) is 9.84. The van der Waals surface area contributed by atoms with Gasteiger partial charge in [-0.1, -0.05) is 36.8 Å². The Morgan fingerprint density at radius 3 is 2.44 bits per heavy atom. The minimum atomic E-state index is 0. The van der Waals surface area contributed by atoms with Crippen molar-refractivity contribution < 1.29 is 0 Å². The quantitative estimate of drug-likeness (QED) is 0.243. The predicted molar refractivity (Wildman–Crippen MR) is 127 cm³/mol. The van der Waals surface area contributed by atoms with Crippen molar-refractivity contribution in [1.29, 1.82) is 0 Å². The Kier molecular flexibility index (Phi) is 12.7. The van der Waals surface area contributed by atoms with Crippen LogP contribution in [0.25, 0.3) is 0 Å². The summed E-state index contributed by atoms with van der Waals surface area (Å²) in [6.07, 6.45) is 2.43. The topological polar surface area (TPSA) is 42.9 Å². The van der Waals surface area contributed by atoms with Gasteiger partial charge in [-0.05, 0) is 45.3 Å². The predicted octanol–water partition coefficient (Wildman–Crippen LogP) is 3.09. The molecule has 0 bridgehead atoms. The summed E-state index contributed by atoms with van der Waals surface area (Å²) in [5.41, 5.74) is 2.55. The number of guanidine groups is 1. The van der Waals surface area contributed by atoms with Crippen LogP contribution in [-0.2, 0) is 6.54 Å². The summed E-state index contributed by atoms with van der Waals surface area (Å²) in [5.74, 6) is 0.922. The van der Waals surface area contributed by atoms with Gasteiger partial charge in [0, 0.05) is 39.3 Å². The van der Waals surface area contributed by atoms with Gasteiger partial charge in [-0.2, -0.15) is 0 Å². The number of nitrogens with one attached hydrogen (secondary N) is 2. The minimum absolute atomic E-state index is 0. The molecule has 0 atom stereocenters. The average molecular weight is 487 g/mol. The lowest BCUT2D eigenvalue weighted by Crippen LogP contribution is -2.46. The molecule has 0 aromatic heterocycles. The number of rotatable bonds is 9. The molecule has 1 aromatic rings. The molecule has 1 aliphatic rings. The number of nitrogens with zero attached hydrogens (tertiary/aromatic N) is 3. The van der Waals surface area contributed by atoms with E-state index in [4.69, 9.17) is 4.99 Å². The Bertz CT molecular complexity index is 541. The van der Waals surface area contributed by atoms with Crippen molar-refractivity contribution in [3.05, 3.63) is 35.4 Å². The van der Waals surface area contributed by atoms with Crippen LogP contribution < -0.4 is 10.6 Å². The largest absolute Gasteiger partial charge is 0.357 e. The maximum atomic E-state index is 4.71. The van der Waals surface area contributed by atoms with Crippen molar-refractivity contribution in [2.24, 2.45) is 4.99 Å². The molecule has 1 aromatic carbocycles. The summed E-state index contributed by atoms with van der Waals surface area (Å²) in [6.45, 7) is 16.4. The smallest absolute Gasteiger partial charge is 0.191 e. The third-order valence-corrected chi connectivity index (χ3v) is 4.95. The summed E-state index contributed by atoms with van der Waals surface area (Å²) < 4.78 is 0. The normalized spacial score (nSPS) is 16.0. The van der Waals surface area contributed by atoms with E-state index in [1.165, 1.54) is 63.2 Å². The molecule has 0 amide bonds. The standard InChI is InChI=1S/C21H37N5.HI/c1-4-22-21(24-18-20-10-8-9-19(3)17-20)23-11-6-7-12-26-15-13-25(5-2)14-16-26;/h8-10,17H,4-7,11-16,18H2,1-3H3,(H2,22,23,24);1H. The van der Waals surface area contributed by atoms with E-state index in [0.717, 1.165) is 25.6 Å². The molecule has 0 saturated carbocycles. The van der Waals surface area contributed by atoms with E-state index in [1.54, 1.807) is 0 Å². The number of aliphatic imine (C=N–C) groups is 1. The Morgan fingerprint density at radius 1 is 1.04 bits per heavy atom. The molecule has 154 valence electrons. The Hall–Kier alpha value is -0.860. The fraction of sp³-hybridized carbons (Fsp3) is 0.667. The Balaban J connectivity index is 0.00000364. The number of aryl methyl sites for hydroxylation is 1. The van der Waals surface area contributed by atoms with E-state index in [0.29, 0.717) is 0 Å². The highest BCUT2D eigenvalue weighted by Crippen LogP contribution is 2.05. The molecule has 1 saturated heterocycles. The molecule has 2 rings (SSSR count). The molecule has 1 heterocycles. The minimum Gasteiger partial charge on any atom is -0.357 e. The fourth-order valence-electron chi connectivity index (χ4n) is 3.32. The average Bonchev–Trinajstić information content (AvgIpc) is 2.66. The van der Waals surface area contributed by atoms with Gasteiger partial charge < -0.3 is 20.4 Å². The van der Waals surface area contributed by atoms with Gasteiger partial charge in [0.2, 0.25) is 0 Å². The number of likely N-dealkylation sites (N-methyl/N-ethyl adjacent to an activating group) is 1. The first-order valence-corrected chi connectivity index (χ1v) is 10.2. The van der Waals surface area contributed by atoms with Crippen LogP contribution in [0.15, 0.2) is 29.3 Å². The first-order valence-electron chi connectivity index (χ1n) is 10.2. The second-order valence-corrected chi connectivity index (χ2v) is 7.09. The molecule has 1 aliphatic heterocycles. The zero-order chi connectivity index (χ0) is 18.6. The molecular formula is C21H38IN5. The van der Waals surface area contributed by atoms with Gasteiger partial charge in [-0.15, -0.1) is 24.0 Å². The van der Waals surface area contributed by atoms with Crippen LogP contribution in [0.1, 0.15) is 37.8 Å². The second kappa shape index (κ2) is 14.2. The van der Waals surface area contributed by atoms with Crippen molar-refractivity contribution in [2.45, 2.75) is 40.2 Å². The van der Waals surface area contributed by atoms with Gasteiger partial charge in [0.05, 0.1) is 6.54 Å². The van der Waals surface area contributed by atoms with Crippen molar-refractivity contribution >= 4 is 29.9 Å².